The van der Waals surface area contributed by atoms with Gasteiger partial charge in [-0.3, -0.25) is 4.79 Å². The Labute approximate surface area is 93.9 Å². The Morgan fingerprint density at radius 1 is 1.56 bits per heavy atom. The molecule has 16 heavy (non-hydrogen) atoms. The molecule has 0 aromatic carbocycles. The fourth-order valence-corrected chi connectivity index (χ4v) is 2.01. The number of hydrogen-bond acceptors (Lipinski definition) is 4. The zero-order valence-electron chi connectivity index (χ0n) is 9.11. The van der Waals surface area contributed by atoms with E-state index in [-0.39, 0.29) is 6.42 Å². The summed E-state index contributed by atoms with van der Waals surface area (Å²) in [6.07, 6.45) is 4.53. The fraction of sp³-hybridized carbons (Fsp3) is 0.636. The predicted molar refractivity (Wildman–Crippen MR) is 57.1 cm³/mol. The number of nitrogens with zero attached hydrogens (tertiary/aromatic N) is 1. The van der Waals surface area contributed by atoms with Crippen LogP contribution in [-0.2, 0) is 17.6 Å². The summed E-state index contributed by atoms with van der Waals surface area (Å²) in [5.41, 5.74) is 0. The Hall–Kier alpha value is -1.36. The average Bonchev–Trinajstić information content (AvgIpc) is 2.66. The second-order valence-electron chi connectivity index (χ2n) is 4.19. The van der Waals surface area contributed by atoms with E-state index in [1.807, 2.05) is 0 Å². The summed E-state index contributed by atoms with van der Waals surface area (Å²) in [4.78, 5) is 14.6. The third-order valence-corrected chi connectivity index (χ3v) is 2.85. The number of aromatic nitrogens is 1. The molecule has 1 fully saturated rings. The molecule has 2 N–H and O–H groups in total. The van der Waals surface area contributed by atoms with Gasteiger partial charge in [0.25, 0.3) is 0 Å². The van der Waals surface area contributed by atoms with E-state index in [1.54, 1.807) is 0 Å². The number of nitrogens with one attached hydrogen (secondary N) is 1. The zero-order chi connectivity index (χ0) is 11.4. The summed E-state index contributed by atoms with van der Waals surface area (Å²) in [5, 5.41) is 11.9. The van der Waals surface area contributed by atoms with Crippen molar-refractivity contribution in [1.82, 2.24) is 10.3 Å². The molecule has 0 spiro atoms. The van der Waals surface area contributed by atoms with Crippen LogP contribution in [0.2, 0.25) is 0 Å². The van der Waals surface area contributed by atoms with Crippen LogP contribution in [-0.4, -0.2) is 29.1 Å². The number of aliphatic carboxylic acids is 1. The minimum Gasteiger partial charge on any atom is -0.481 e. The first-order valence-electron chi connectivity index (χ1n) is 5.60. The normalized spacial score (nSPS) is 17.5. The molecule has 0 bridgehead atoms. The summed E-state index contributed by atoms with van der Waals surface area (Å²) in [7, 11) is 0. The maximum absolute atomic E-state index is 10.5. The molecule has 2 heterocycles. The molecule has 0 saturated carbocycles. The maximum atomic E-state index is 10.5. The number of carbonyl (C=O) groups is 1. The molecular weight excluding hydrogens is 208 g/mol. The Morgan fingerprint density at radius 3 is 3.00 bits per heavy atom. The van der Waals surface area contributed by atoms with Crippen molar-refractivity contribution < 1.29 is 14.3 Å². The molecule has 0 radical (unpaired) electrons. The third kappa shape index (κ3) is 3.06. The summed E-state index contributed by atoms with van der Waals surface area (Å²) in [6.45, 7) is 2.10. The van der Waals surface area contributed by atoms with Crippen LogP contribution in [0.15, 0.2) is 10.6 Å². The third-order valence-electron chi connectivity index (χ3n) is 2.85. The van der Waals surface area contributed by atoms with Crippen molar-refractivity contribution in [3.05, 3.63) is 17.8 Å². The van der Waals surface area contributed by atoms with E-state index < -0.39 is 5.97 Å². The van der Waals surface area contributed by atoms with Crippen LogP contribution < -0.4 is 5.32 Å². The van der Waals surface area contributed by atoms with Gasteiger partial charge < -0.3 is 14.8 Å². The summed E-state index contributed by atoms with van der Waals surface area (Å²) >= 11 is 0. The van der Waals surface area contributed by atoms with Crippen LogP contribution >= 0.6 is 0 Å². The van der Waals surface area contributed by atoms with Gasteiger partial charge in [0, 0.05) is 6.42 Å². The predicted octanol–water partition coefficient (Wildman–Crippen LogP) is 0.844. The van der Waals surface area contributed by atoms with Crippen molar-refractivity contribution in [2.24, 2.45) is 5.92 Å². The van der Waals surface area contributed by atoms with Gasteiger partial charge in [-0.1, -0.05) is 0 Å². The lowest BCUT2D eigenvalue weighted by Crippen LogP contribution is -2.28. The Balaban J connectivity index is 1.88. The SMILES string of the molecule is O=C(O)Cc1cnc(CC2CCNCC2)o1. The van der Waals surface area contributed by atoms with E-state index in [0.29, 0.717) is 17.6 Å². The second kappa shape index (κ2) is 5.12. The molecular formula is C11H16N2O3. The molecule has 1 aromatic heterocycles. The smallest absolute Gasteiger partial charge is 0.311 e. The maximum Gasteiger partial charge on any atom is 0.311 e. The van der Waals surface area contributed by atoms with E-state index in [9.17, 15) is 4.79 Å². The van der Waals surface area contributed by atoms with Gasteiger partial charge in [0.15, 0.2) is 5.89 Å². The van der Waals surface area contributed by atoms with E-state index in [1.165, 1.54) is 6.20 Å². The van der Waals surface area contributed by atoms with Gasteiger partial charge in [0.2, 0.25) is 0 Å². The van der Waals surface area contributed by atoms with Crippen LogP contribution in [0, 0.1) is 5.92 Å². The molecule has 5 nitrogen and oxygen atoms in total. The largest absolute Gasteiger partial charge is 0.481 e. The lowest BCUT2D eigenvalue weighted by atomic mass is 9.95. The monoisotopic (exact) mass is 224 g/mol. The highest BCUT2D eigenvalue weighted by Gasteiger charge is 2.16. The highest BCUT2D eigenvalue weighted by atomic mass is 16.4. The van der Waals surface area contributed by atoms with Crippen molar-refractivity contribution in [2.45, 2.75) is 25.7 Å². The van der Waals surface area contributed by atoms with Gasteiger partial charge >= 0.3 is 5.97 Å². The van der Waals surface area contributed by atoms with Crippen LogP contribution in [0.5, 0.6) is 0 Å². The van der Waals surface area contributed by atoms with Crippen molar-refractivity contribution in [3.8, 4) is 0 Å². The average molecular weight is 224 g/mol. The molecule has 0 atom stereocenters. The topological polar surface area (TPSA) is 75.4 Å². The van der Waals surface area contributed by atoms with Crippen molar-refractivity contribution in [2.75, 3.05) is 13.1 Å². The van der Waals surface area contributed by atoms with Crippen LogP contribution in [0.4, 0.5) is 0 Å². The van der Waals surface area contributed by atoms with Crippen LogP contribution in [0.25, 0.3) is 0 Å². The van der Waals surface area contributed by atoms with Gasteiger partial charge in [-0.25, -0.2) is 4.98 Å². The van der Waals surface area contributed by atoms with Crippen molar-refractivity contribution in [1.29, 1.82) is 0 Å². The molecule has 5 heteroatoms. The molecule has 1 aromatic rings. The van der Waals surface area contributed by atoms with Crippen molar-refractivity contribution >= 4 is 5.97 Å². The van der Waals surface area contributed by atoms with Gasteiger partial charge in [-0.05, 0) is 31.8 Å². The molecule has 2 rings (SSSR count). The van der Waals surface area contributed by atoms with Crippen LogP contribution in [0.1, 0.15) is 24.5 Å². The molecule has 0 aliphatic carbocycles. The van der Waals surface area contributed by atoms with E-state index in [2.05, 4.69) is 10.3 Å². The Bertz CT molecular complexity index is 356. The standard InChI is InChI=1S/C11H16N2O3/c14-11(15)6-9-7-13-10(16-9)5-8-1-3-12-4-2-8/h7-8,12H,1-6H2,(H,14,15). The lowest BCUT2D eigenvalue weighted by molar-refractivity contribution is -0.136. The quantitative estimate of drug-likeness (QED) is 0.792. The number of carboxylic acids is 1. The zero-order valence-corrected chi connectivity index (χ0v) is 9.11. The van der Waals surface area contributed by atoms with Gasteiger partial charge in [0.1, 0.15) is 12.2 Å². The number of carboxylic acid groups (broad SMARTS) is 1. The molecule has 0 amide bonds. The lowest BCUT2D eigenvalue weighted by Gasteiger charge is -2.20. The van der Waals surface area contributed by atoms with E-state index in [0.717, 1.165) is 32.4 Å². The fourth-order valence-electron chi connectivity index (χ4n) is 2.01. The summed E-state index contributed by atoms with van der Waals surface area (Å²) in [6, 6.07) is 0. The summed E-state index contributed by atoms with van der Waals surface area (Å²) < 4.78 is 5.38. The first-order chi connectivity index (χ1) is 7.74. The minimum atomic E-state index is -0.885. The molecule has 1 saturated heterocycles. The second-order valence-corrected chi connectivity index (χ2v) is 4.19. The van der Waals surface area contributed by atoms with Gasteiger partial charge in [-0.2, -0.15) is 0 Å². The number of piperidine rings is 1. The Kier molecular flexibility index (Phi) is 3.56. The number of hydrogen-bond donors (Lipinski definition) is 2. The highest BCUT2D eigenvalue weighted by Crippen LogP contribution is 2.18. The molecule has 0 unspecified atom stereocenters. The number of oxazole rings is 1. The molecule has 88 valence electrons. The van der Waals surface area contributed by atoms with E-state index >= 15 is 0 Å². The first kappa shape index (κ1) is 11.1. The molecule has 1 aliphatic rings. The van der Waals surface area contributed by atoms with Gasteiger partial charge in [0.05, 0.1) is 6.20 Å². The summed E-state index contributed by atoms with van der Waals surface area (Å²) in [5.74, 6) is 0.835. The van der Waals surface area contributed by atoms with Crippen molar-refractivity contribution in [3.63, 3.8) is 0 Å². The minimum absolute atomic E-state index is 0.0841. The number of rotatable bonds is 4. The molecule has 1 aliphatic heterocycles. The van der Waals surface area contributed by atoms with Gasteiger partial charge in [-0.15, -0.1) is 0 Å². The highest BCUT2D eigenvalue weighted by molar-refractivity contribution is 5.69. The Morgan fingerprint density at radius 2 is 2.31 bits per heavy atom. The van der Waals surface area contributed by atoms with E-state index in [4.69, 9.17) is 9.52 Å². The first-order valence-corrected chi connectivity index (χ1v) is 5.60. The van der Waals surface area contributed by atoms with Crippen LogP contribution in [0.3, 0.4) is 0 Å².